The van der Waals surface area contributed by atoms with Crippen molar-refractivity contribution in [2.45, 2.75) is 103 Å². The fourth-order valence-corrected chi connectivity index (χ4v) is 4.03. The fraction of sp³-hybridized carbons (Fsp3) is 0.900. The Kier molecular flexibility index (Phi) is 8.63. The molecule has 2 bridgehead atoms. The molecule has 0 radical (unpaired) electrons. The molecule has 0 aromatic heterocycles. The second kappa shape index (κ2) is 10.5. The summed E-state index contributed by atoms with van der Waals surface area (Å²) in [6, 6.07) is 0. The van der Waals surface area contributed by atoms with Gasteiger partial charge in [-0.2, -0.15) is 0 Å². The van der Waals surface area contributed by atoms with Crippen LogP contribution in [-0.4, -0.2) is 23.4 Å². The van der Waals surface area contributed by atoms with Gasteiger partial charge in [0.15, 0.2) is 0 Å². The maximum absolute atomic E-state index is 10.1. The summed E-state index contributed by atoms with van der Waals surface area (Å²) in [6.07, 6.45) is 17.7. The second-order valence-corrected chi connectivity index (χ2v) is 7.40. The van der Waals surface area contributed by atoms with Crippen molar-refractivity contribution in [3.8, 4) is 0 Å². The summed E-state index contributed by atoms with van der Waals surface area (Å²) < 4.78 is 0. The van der Waals surface area contributed by atoms with Crippen molar-refractivity contribution in [2.24, 2.45) is 11.8 Å². The van der Waals surface area contributed by atoms with Gasteiger partial charge >= 0.3 is 0 Å². The molecule has 1 aliphatic carbocycles. The summed E-state index contributed by atoms with van der Waals surface area (Å²) in [7, 11) is 0. The summed E-state index contributed by atoms with van der Waals surface area (Å²) in [5, 5.41) is 10.1. The van der Waals surface area contributed by atoms with Gasteiger partial charge in [0.1, 0.15) is 6.10 Å². The Labute approximate surface area is 142 Å². The summed E-state index contributed by atoms with van der Waals surface area (Å²) >= 11 is 0. The SMILES string of the molecule is CCCCCCCC1C2CC(OO2)[C@@H]1C=CC(O)CCCCC. The largest absolute Gasteiger partial charge is 0.389 e. The van der Waals surface area contributed by atoms with E-state index in [2.05, 4.69) is 19.9 Å². The monoisotopic (exact) mass is 324 g/mol. The van der Waals surface area contributed by atoms with Gasteiger partial charge in [-0.05, 0) is 18.8 Å². The zero-order chi connectivity index (χ0) is 16.5. The zero-order valence-electron chi connectivity index (χ0n) is 15.1. The molecule has 2 fully saturated rings. The van der Waals surface area contributed by atoms with E-state index in [-0.39, 0.29) is 18.3 Å². The Morgan fingerprint density at radius 3 is 2.43 bits per heavy atom. The molecule has 1 N–H and O–H groups in total. The van der Waals surface area contributed by atoms with Crippen LogP contribution >= 0.6 is 0 Å². The van der Waals surface area contributed by atoms with E-state index in [4.69, 9.17) is 9.78 Å². The van der Waals surface area contributed by atoms with Crippen LogP contribution in [0.4, 0.5) is 0 Å². The van der Waals surface area contributed by atoms with Crippen molar-refractivity contribution in [3.63, 3.8) is 0 Å². The molecule has 2 aliphatic rings. The van der Waals surface area contributed by atoms with Gasteiger partial charge in [-0.1, -0.05) is 77.4 Å². The van der Waals surface area contributed by atoms with Gasteiger partial charge in [-0.25, -0.2) is 9.78 Å². The maximum atomic E-state index is 10.1. The minimum Gasteiger partial charge on any atom is -0.389 e. The minimum absolute atomic E-state index is 0.208. The lowest BCUT2D eigenvalue weighted by molar-refractivity contribution is -0.337. The predicted octanol–water partition coefficient (Wildman–Crippen LogP) is 5.18. The molecule has 0 spiro atoms. The van der Waals surface area contributed by atoms with Crippen LogP contribution in [0.3, 0.4) is 0 Å². The summed E-state index contributed by atoms with van der Waals surface area (Å²) in [6.45, 7) is 4.45. The van der Waals surface area contributed by atoms with Crippen molar-refractivity contribution >= 4 is 0 Å². The van der Waals surface area contributed by atoms with E-state index in [1.165, 1.54) is 51.4 Å². The van der Waals surface area contributed by atoms with Crippen molar-refractivity contribution in [2.75, 3.05) is 0 Å². The predicted molar refractivity (Wildman–Crippen MR) is 94.0 cm³/mol. The standard InChI is InChI=1S/C20H36O3/c1-3-5-7-8-10-12-17-18(20-15-19(17)22-23-20)14-13-16(21)11-9-6-4-2/h13-14,16-21H,3-12,15H2,1-2H3/t16?,17?,18-,19?,20?/m1/s1. The Hall–Kier alpha value is -0.380. The molecule has 134 valence electrons. The Bertz CT molecular complexity index is 342. The van der Waals surface area contributed by atoms with E-state index in [1.807, 2.05) is 6.08 Å². The average molecular weight is 325 g/mol. The smallest absolute Gasteiger partial charge is 0.102 e. The number of unbranched alkanes of at least 4 members (excludes halogenated alkanes) is 6. The quantitative estimate of drug-likeness (QED) is 0.305. The van der Waals surface area contributed by atoms with Crippen molar-refractivity contribution in [3.05, 3.63) is 12.2 Å². The number of aliphatic hydroxyl groups excluding tert-OH is 1. The summed E-state index contributed by atoms with van der Waals surface area (Å²) in [4.78, 5) is 10.9. The topological polar surface area (TPSA) is 38.7 Å². The van der Waals surface area contributed by atoms with Gasteiger partial charge in [-0.3, -0.25) is 0 Å². The van der Waals surface area contributed by atoms with Crippen molar-refractivity contribution in [1.82, 2.24) is 0 Å². The highest BCUT2D eigenvalue weighted by Crippen LogP contribution is 2.45. The third kappa shape index (κ3) is 5.88. The van der Waals surface area contributed by atoms with Gasteiger partial charge in [-0.15, -0.1) is 0 Å². The molecule has 0 amide bonds. The van der Waals surface area contributed by atoms with Crippen molar-refractivity contribution < 1.29 is 14.9 Å². The molecule has 2 rings (SSSR count). The molecule has 1 heterocycles. The lowest BCUT2D eigenvalue weighted by atomic mass is 9.87. The van der Waals surface area contributed by atoms with Crippen LogP contribution in [0.5, 0.6) is 0 Å². The van der Waals surface area contributed by atoms with Crippen LogP contribution in [0.1, 0.15) is 84.5 Å². The second-order valence-electron chi connectivity index (χ2n) is 7.40. The van der Waals surface area contributed by atoms with E-state index < -0.39 is 0 Å². The molecule has 1 saturated carbocycles. The normalized spacial score (nSPS) is 31.3. The van der Waals surface area contributed by atoms with Crippen LogP contribution in [-0.2, 0) is 9.78 Å². The van der Waals surface area contributed by atoms with Gasteiger partial charge in [0.25, 0.3) is 0 Å². The number of hydrogen-bond donors (Lipinski definition) is 1. The molecule has 0 aromatic carbocycles. The lowest BCUT2D eigenvalue weighted by Gasteiger charge is -2.28. The highest BCUT2D eigenvalue weighted by atomic mass is 17.2. The van der Waals surface area contributed by atoms with E-state index >= 15 is 0 Å². The van der Waals surface area contributed by atoms with Crippen LogP contribution < -0.4 is 0 Å². The average Bonchev–Trinajstić information content (AvgIpc) is 3.14. The van der Waals surface area contributed by atoms with E-state index in [0.717, 1.165) is 19.3 Å². The van der Waals surface area contributed by atoms with Gasteiger partial charge in [0, 0.05) is 12.3 Å². The Balaban J connectivity index is 1.76. The first-order valence-electron chi connectivity index (χ1n) is 9.94. The fourth-order valence-electron chi connectivity index (χ4n) is 4.03. The van der Waals surface area contributed by atoms with Crippen LogP contribution in [0.2, 0.25) is 0 Å². The number of fused-ring (bicyclic) bond motifs is 2. The van der Waals surface area contributed by atoms with Crippen LogP contribution in [0.25, 0.3) is 0 Å². The van der Waals surface area contributed by atoms with Crippen molar-refractivity contribution in [1.29, 1.82) is 0 Å². The highest BCUT2D eigenvalue weighted by molar-refractivity contribution is 5.06. The van der Waals surface area contributed by atoms with E-state index in [9.17, 15) is 5.11 Å². The molecule has 4 unspecified atom stereocenters. The van der Waals surface area contributed by atoms with E-state index in [1.54, 1.807) is 0 Å². The molecule has 3 heteroatoms. The zero-order valence-corrected chi connectivity index (χ0v) is 15.1. The molecular formula is C20H36O3. The number of aliphatic hydroxyl groups is 1. The third-order valence-corrected chi connectivity index (χ3v) is 5.47. The summed E-state index contributed by atoms with van der Waals surface area (Å²) in [5.74, 6) is 1.01. The van der Waals surface area contributed by atoms with Gasteiger partial charge < -0.3 is 5.11 Å². The Morgan fingerprint density at radius 2 is 1.65 bits per heavy atom. The van der Waals surface area contributed by atoms with Crippen LogP contribution in [0.15, 0.2) is 12.2 Å². The molecule has 1 aliphatic heterocycles. The van der Waals surface area contributed by atoms with E-state index in [0.29, 0.717) is 11.8 Å². The van der Waals surface area contributed by atoms with Crippen LogP contribution in [0, 0.1) is 11.8 Å². The molecule has 1 saturated heterocycles. The van der Waals surface area contributed by atoms with Gasteiger partial charge in [0.2, 0.25) is 0 Å². The maximum Gasteiger partial charge on any atom is 0.102 e. The first kappa shape index (κ1) is 19.0. The first-order chi connectivity index (χ1) is 11.3. The Morgan fingerprint density at radius 1 is 0.957 bits per heavy atom. The molecule has 23 heavy (non-hydrogen) atoms. The first-order valence-corrected chi connectivity index (χ1v) is 9.94. The third-order valence-electron chi connectivity index (χ3n) is 5.47. The molecule has 5 atom stereocenters. The number of hydrogen-bond acceptors (Lipinski definition) is 3. The molecular weight excluding hydrogens is 288 g/mol. The minimum atomic E-state index is -0.299. The lowest BCUT2D eigenvalue weighted by Crippen LogP contribution is -2.29. The molecule has 3 nitrogen and oxygen atoms in total. The van der Waals surface area contributed by atoms with Gasteiger partial charge in [0.05, 0.1) is 12.2 Å². The molecule has 0 aromatic rings. The highest BCUT2D eigenvalue weighted by Gasteiger charge is 2.49. The summed E-state index contributed by atoms with van der Waals surface area (Å²) in [5.41, 5.74) is 0. The number of rotatable bonds is 12.